The summed E-state index contributed by atoms with van der Waals surface area (Å²) in [4.78, 5) is 27.7. The number of sulfone groups is 1. The summed E-state index contributed by atoms with van der Waals surface area (Å²) in [5, 5.41) is 29.4. The summed E-state index contributed by atoms with van der Waals surface area (Å²) >= 11 is 0. The number of rotatable bonds is 8. The average molecular weight is 423 g/mol. The van der Waals surface area contributed by atoms with E-state index in [4.69, 9.17) is 4.74 Å². The first kappa shape index (κ1) is 22.2. The Balaban J connectivity index is 2.70. The number of methoxy groups -OCH3 is 1. The van der Waals surface area contributed by atoms with Crippen LogP contribution in [-0.4, -0.2) is 59.8 Å². The molecule has 0 saturated heterocycles. The van der Waals surface area contributed by atoms with Crippen LogP contribution in [0.1, 0.15) is 50.5 Å². The van der Waals surface area contributed by atoms with E-state index >= 15 is 0 Å². The molecule has 0 amide bonds. The van der Waals surface area contributed by atoms with Crippen LogP contribution in [0.4, 0.5) is 0 Å². The summed E-state index contributed by atoms with van der Waals surface area (Å²) in [6.07, 6.45) is 0.738. The third-order valence-corrected chi connectivity index (χ3v) is 5.38. The second-order valence-corrected chi connectivity index (χ2v) is 8.79. The Morgan fingerprint density at radius 3 is 2.10 bits per heavy atom. The Labute approximate surface area is 167 Å². The van der Waals surface area contributed by atoms with Gasteiger partial charge in [0.25, 0.3) is 0 Å². The summed E-state index contributed by atoms with van der Waals surface area (Å²) in [5.41, 5.74) is -1.08. The number of ether oxygens (including phenoxy) is 1. The van der Waals surface area contributed by atoms with E-state index in [1.54, 1.807) is 31.2 Å². The third-order valence-electron chi connectivity index (χ3n) is 4.44. The number of carboxylic acids is 2. The van der Waals surface area contributed by atoms with Gasteiger partial charge in [0, 0.05) is 18.6 Å². The zero-order valence-corrected chi connectivity index (χ0v) is 16.9. The molecule has 0 aliphatic heterocycles. The highest BCUT2D eigenvalue weighted by molar-refractivity contribution is 7.90. The van der Waals surface area contributed by atoms with Crippen LogP contribution in [0.3, 0.4) is 0 Å². The second kappa shape index (κ2) is 8.48. The summed E-state index contributed by atoms with van der Waals surface area (Å²) in [6.45, 7) is 1.64. The van der Waals surface area contributed by atoms with Gasteiger partial charge in [-0.05, 0) is 17.7 Å². The topological polar surface area (TPSA) is 151 Å². The van der Waals surface area contributed by atoms with E-state index in [2.05, 4.69) is 4.98 Å². The molecule has 156 valence electrons. The van der Waals surface area contributed by atoms with Gasteiger partial charge in [-0.2, -0.15) is 0 Å². The fourth-order valence-corrected chi connectivity index (χ4v) is 3.45. The molecule has 1 aromatic heterocycles. The van der Waals surface area contributed by atoms with Crippen molar-refractivity contribution in [2.75, 3.05) is 19.1 Å². The predicted molar refractivity (Wildman–Crippen MR) is 104 cm³/mol. The van der Waals surface area contributed by atoms with Crippen molar-refractivity contribution >= 4 is 21.8 Å². The molecule has 1 aromatic carbocycles. The fourth-order valence-electron chi connectivity index (χ4n) is 2.89. The highest BCUT2D eigenvalue weighted by Gasteiger charge is 2.31. The number of benzene rings is 1. The maximum absolute atomic E-state index is 11.8. The van der Waals surface area contributed by atoms with Crippen LogP contribution in [0.15, 0.2) is 24.3 Å². The Morgan fingerprint density at radius 1 is 1.10 bits per heavy atom. The van der Waals surface area contributed by atoms with Gasteiger partial charge in [-0.3, -0.25) is 4.98 Å². The molecule has 2 rings (SSSR count). The molecule has 0 aliphatic carbocycles. The van der Waals surface area contributed by atoms with E-state index in [1.165, 1.54) is 7.11 Å². The number of aromatic hydroxyl groups is 1. The molecule has 29 heavy (non-hydrogen) atoms. The van der Waals surface area contributed by atoms with Crippen LogP contribution >= 0.6 is 0 Å². The first-order valence-electron chi connectivity index (χ1n) is 8.50. The van der Waals surface area contributed by atoms with Gasteiger partial charge in [-0.25, -0.2) is 18.0 Å². The number of aryl methyl sites for hydroxylation is 1. The zero-order chi connectivity index (χ0) is 21.9. The highest BCUT2D eigenvalue weighted by Crippen LogP contribution is 2.34. The molecule has 0 radical (unpaired) electrons. The van der Waals surface area contributed by atoms with Gasteiger partial charge < -0.3 is 20.1 Å². The molecule has 2 aromatic rings. The molecule has 0 aliphatic rings. The summed E-state index contributed by atoms with van der Waals surface area (Å²) in [7, 11) is -1.92. The number of aromatic carboxylic acids is 2. The minimum absolute atomic E-state index is 0.0821. The SMILES string of the molecule is COc1ccc(C(C)c2nc(CCS(C)(=O)=O)c(O)c(C(=O)O)c2C(=O)O)cc1. The monoisotopic (exact) mass is 423 g/mol. The lowest BCUT2D eigenvalue weighted by molar-refractivity contribution is 0.0646. The molecule has 1 atom stereocenters. The zero-order valence-electron chi connectivity index (χ0n) is 16.0. The lowest BCUT2D eigenvalue weighted by atomic mass is 9.90. The van der Waals surface area contributed by atoms with E-state index in [0.29, 0.717) is 11.3 Å². The van der Waals surface area contributed by atoms with Gasteiger partial charge in [0.15, 0.2) is 5.75 Å². The lowest BCUT2D eigenvalue weighted by Crippen LogP contribution is -2.19. The number of carbonyl (C=O) groups is 2. The van der Waals surface area contributed by atoms with Gasteiger partial charge in [0.1, 0.15) is 21.2 Å². The molecule has 1 unspecified atom stereocenters. The number of hydrogen-bond donors (Lipinski definition) is 3. The molecule has 0 fully saturated rings. The smallest absolute Gasteiger partial charge is 0.340 e. The van der Waals surface area contributed by atoms with E-state index < -0.39 is 44.6 Å². The quantitative estimate of drug-likeness (QED) is 0.578. The molecule has 10 heteroatoms. The van der Waals surface area contributed by atoms with Crippen molar-refractivity contribution in [1.82, 2.24) is 4.98 Å². The van der Waals surface area contributed by atoms with E-state index in [0.717, 1.165) is 6.26 Å². The molecule has 3 N–H and O–H groups in total. The van der Waals surface area contributed by atoms with Crippen LogP contribution in [0.2, 0.25) is 0 Å². The number of nitrogens with zero attached hydrogens (tertiary/aromatic N) is 1. The first-order valence-corrected chi connectivity index (χ1v) is 10.6. The number of aromatic nitrogens is 1. The molecule has 1 heterocycles. The van der Waals surface area contributed by atoms with E-state index in [9.17, 15) is 33.3 Å². The van der Waals surface area contributed by atoms with Crippen LogP contribution in [-0.2, 0) is 16.3 Å². The van der Waals surface area contributed by atoms with Gasteiger partial charge >= 0.3 is 11.9 Å². The molecule has 0 bridgehead atoms. The standard InChI is InChI=1S/C19H21NO8S/c1-10(11-4-6-12(28-2)7-5-11)16-14(18(22)23)15(19(24)25)17(21)13(20-16)8-9-29(3,26)27/h4-7,10,21H,8-9H2,1-3H3,(H,22,23)(H,24,25). The number of hydrogen-bond acceptors (Lipinski definition) is 7. The van der Waals surface area contributed by atoms with E-state index in [1.807, 2.05) is 0 Å². The van der Waals surface area contributed by atoms with Crippen molar-refractivity contribution in [3.05, 3.63) is 52.3 Å². The molecule has 0 spiro atoms. The summed E-state index contributed by atoms with van der Waals surface area (Å²) in [5.74, 6) is -4.50. The minimum atomic E-state index is -3.42. The molecule has 0 saturated carbocycles. The van der Waals surface area contributed by atoms with Crippen LogP contribution in [0.25, 0.3) is 0 Å². The van der Waals surface area contributed by atoms with Crippen molar-refractivity contribution in [2.24, 2.45) is 0 Å². The summed E-state index contributed by atoms with van der Waals surface area (Å²) in [6, 6.07) is 6.69. The predicted octanol–water partition coefficient (Wildman–Crippen LogP) is 1.93. The van der Waals surface area contributed by atoms with Crippen molar-refractivity contribution in [2.45, 2.75) is 19.3 Å². The van der Waals surface area contributed by atoms with E-state index in [-0.39, 0.29) is 23.6 Å². The number of pyridine rings is 1. The Hall–Kier alpha value is -3.14. The molecule has 9 nitrogen and oxygen atoms in total. The van der Waals surface area contributed by atoms with Crippen molar-refractivity contribution in [1.29, 1.82) is 0 Å². The third kappa shape index (κ3) is 5.02. The Bertz CT molecular complexity index is 1040. The first-order chi connectivity index (χ1) is 13.5. The minimum Gasteiger partial charge on any atom is -0.505 e. The second-order valence-electron chi connectivity index (χ2n) is 6.53. The molecular formula is C19H21NO8S. The normalized spacial score (nSPS) is 12.4. The Kier molecular flexibility index (Phi) is 6.48. The highest BCUT2D eigenvalue weighted by atomic mass is 32.2. The lowest BCUT2D eigenvalue weighted by Gasteiger charge is -2.19. The molecular weight excluding hydrogens is 402 g/mol. The van der Waals surface area contributed by atoms with Crippen molar-refractivity contribution < 1.29 is 38.1 Å². The van der Waals surface area contributed by atoms with Gasteiger partial charge in [-0.1, -0.05) is 19.1 Å². The Morgan fingerprint density at radius 2 is 1.66 bits per heavy atom. The van der Waals surface area contributed by atoms with Gasteiger partial charge in [0.05, 0.1) is 29.8 Å². The maximum atomic E-state index is 11.8. The summed E-state index contributed by atoms with van der Waals surface area (Å²) < 4.78 is 28.0. The van der Waals surface area contributed by atoms with Crippen molar-refractivity contribution in [3.63, 3.8) is 0 Å². The van der Waals surface area contributed by atoms with Gasteiger partial charge in [-0.15, -0.1) is 0 Å². The van der Waals surface area contributed by atoms with Crippen LogP contribution < -0.4 is 4.74 Å². The number of carboxylic acid groups (broad SMARTS) is 2. The fraction of sp³-hybridized carbons (Fsp3) is 0.316. The van der Waals surface area contributed by atoms with Gasteiger partial charge in [0.2, 0.25) is 0 Å². The average Bonchev–Trinajstić information content (AvgIpc) is 2.64. The van der Waals surface area contributed by atoms with Crippen LogP contribution in [0.5, 0.6) is 11.5 Å². The maximum Gasteiger partial charge on any atom is 0.340 e. The van der Waals surface area contributed by atoms with Crippen molar-refractivity contribution in [3.8, 4) is 11.5 Å². The van der Waals surface area contributed by atoms with Crippen LogP contribution in [0, 0.1) is 0 Å². The largest absolute Gasteiger partial charge is 0.505 e.